The Bertz CT molecular complexity index is 1640. The van der Waals surface area contributed by atoms with Crippen LogP contribution in [0, 0.1) is 6.92 Å². The maximum absolute atomic E-state index is 4.94. The van der Waals surface area contributed by atoms with Gasteiger partial charge in [-0.15, -0.1) is 0 Å². The molecule has 4 heterocycles. The Balaban J connectivity index is 1.19. The molecule has 0 amide bonds. The summed E-state index contributed by atoms with van der Waals surface area (Å²) in [5, 5.41) is 8.22. The third-order valence-electron chi connectivity index (χ3n) is 7.79. The van der Waals surface area contributed by atoms with Crippen LogP contribution in [0.1, 0.15) is 50.8 Å². The second-order valence-corrected chi connectivity index (χ2v) is 10.9. The number of aliphatic imine (C=N–C) groups is 2. The first kappa shape index (κ1) is 26.7. The average Bonchev–Trinajstić information content (AvgIpc) is 3.00. The maximum atomic E-state index is 4.94. The molecule has 0 aliphatic carbocycles. The second-order valence-electron chi connectivity index (χ2n) is 10.9. The molecule has 0 bridgehead atoms. The molecular weight excluding hydrogens is 506 g/mol. The number of dihydropyridines is 1. The molecule has 7 nitrogen and oxygen atoms in total. The van der Waals surface area contributed by atoms with Gasteiger partial charge in [0.2, 0.25) is 0 Å². The van der Waals surface area contributed by atoms with Crippen LogP contribution in [-0.4, -0.2) is 41.0 Å². The first-order valence-corrected chi connectivity index (χ1v) is 14.5. The summed E-state index contributed by atoms with van der Waals surface area (Å²) < 4.78 is 0. The van der Waals surface area contributed by atoms with Gasteiger partial charge in [-0.2, -0.15) is 0 Å². The molecule has 0 unspecified atom stereocenters. The summed E-state index contributed by atoms with van der Waals surface area (Å²) in [6, 6.07) is 19.0. The summed E-state index contributed by atoms with van der Waals surface area (Å²) in [7, 11) is 0. The van der Waals surface area contributed by atoms with Gasteiger partial charge in [-0.1, -0.05) is 6.07 Å². The summed E-state index contributed by atoms with van der Waals surface area (Å²) in [6.07, 6.45) is 10.6. The minimum Gasteiger partial charge on any atom is -0.372 e. The quantitative estimate of drug-likeness (QED) is 0.231. The van der Waals surface area contributed by atoms with E-state index >= 15 is 0 Å². The fourth-order valence-corrected chi connectivity index (χ4v) is 5.48. The first-order valence-electron chi connectivity index (χ1n) is 14.5. The number of rotatable bonds is 7. The Morgan fingerprint density at radius 2 is 1.73 bits per heavy atom. The van der Waals surface area contributed by atoms with E-state index in [0.717, 1.165) is 82.4 Å². The highest BCUT2D eigenvalue weighted by atomic mass is 15.1. The summed E-state index contributed by atoms with van der Waals surface area (Å²) in [6.45, 7) is 9.20. The number of fused-ring (bicyclic) bond motifs is 1. The van der Waals surface area contributed by atoms with E-state index in [9.17, 15) is 0 Å². The fraction of sp³-hybridized carbons (Fsp3) is 0.294. The number of hydrogen-bond acceptors (Lipinski definition) is 7. The van der Waals surface area contributed by atoms with Crippen molar-refractivity contribution >= 4 is 50.8 Å². The molecule has 1 saturated heterocycles. The van der Waals surface area contributed by atoms with Crippen molar-refractivity contribution < 1.29 is 0 Å². The van der Waals surface area contributed by atoms with E-state index in [2.05, 4.69) is 81.0 Å². The molecule has 6 rings (SSSR count). The topological polar surface area (TPSA) is 77.8 Å². The fourth-order valence-electron chi connectivity index (χ4n) is 5.48. The molecule has 2 aliphatic heterocycles. The van der Waals surface area contributed by atoms with Crippen LogP contribution in [0.3, 0.4) is 0 Å². The highest BCUT2D eigenvalue weighted by Gasteiger charge is 2.13. The molecule has 41 heavy (non-hydrogen) atoms. The number of anilines is 4. The number of nitrogens with zero attached hydrogens (tertiary/aromatic N) is 5. The minimum absolute atomic E-state index is 0.828. The van der Waals surface area contributed by atoms with E-state index in [1.807, 2.05) is 38.4 Å². The normalized spacial score (nSPS) is 15.9. The number of nitrogens with one attached hydrogen (secondary N) is 2. The number of piperidine rings is 1. The van der Waals surface area contributed by atoms with Gasteiger partial charge < -0.3 is 15.5 Å². The standard InChI is InChI=1S/C34H37N7/c1-23-7-8-26(39-27-13-15-35-24(2)19-27)20-34(23)38-25(3)31-11-9-28(22-37-31)40-33-14-16-36-32-12-10-29(21-30(32)33)41-17-5-4-6-18-41/h7-12,14,16,19-22,39H,4-6,13,15,17-18H2,1-3H3,(H,36,40)/b38-25+. The number of aromatic nitrogens is 2. The van der Waals surface area contributed by atoms with Crippen LogP contribution in [0.4, 0.5) is 28.4 Å². The molecule has 0 spiro atoms. The predicted molar refractivity (Wildman–Crippen MR) is 173 cm³/mol. The SMILES string of the molecule is CC1=NCCC(Nc2ccc(C)c(/N=C(\C)c3ccc(Nc4ccnc5ccc(N6CCCCC6)cc45)cn3)c2)=C1. The zero-order valence-electron chi connectivity index (χ0n) is 24.1. The van der Waals surface area contributed by atoms with E-state index in [1.165, 1.54) is 30.6 Å². The van der Waals surface area contributed by atoms with Gasteiger partial charge in [0.25, 0.3) is 0 Å². The Hall–Kier alpha value is -4.52. The van der Waals surface area contributed by atoms with Crippen molar-refractivity contribution in [3.05, 3.63) is 90.0 Å². The van der Waals surface area contributed by atoms with E-state index in [4.69, 9.17) is 9.98 Å². The lowest BCUT2D eigenvalue weighted by Crippen LogP contribution is -2.29. The van der Waals surface area contributed by atoms with E-state index in [0.29, 0.717) is 0 Å². The van der Waals surface area contributed by atoms with Gasteiger partial charge in [-0.05, 0) is 100 Å². The molecule has 4 aromatic rings. The Morgan fingerprint density at radius 1 is 0.878 bits per heavy atom. The van der Waals surface area contributed by atoms with Gasteiger partial charge in [-0.3, -0.25) is 20.0 Å². The third kappa shape index (κ3) is 6.30. The molecule has 7 heteroatoms. The average molecular weight is 544 g/mol. The molecule has 2 aliphatic rings. The highest BCUT2D eigenvalue weighted by molar-refractivity contribution is 5.99. The van der Waals surface area contributed by atoms with E-state index in [1.54, 1.807) is 0 Å². The van der Waals surface area contributed by atoms with Gasteiger partial charge in [0.1, 0.15) is 0 Å². The van der Waals surface area contributed by atoms with Crippen molar-refractivity contribution in [2.24, 2.45) is 9.98 Å². The summed E-state index contributed by atoms with van der Waals surface area (Å²) >= 11 is 0. The summed E-state index contributed by atoms with van der Waals surface area (Å²) in [5.41, 5.74) is 11.3. The maximum Gasteiger partial charge on any atom is 0.0843 e. The van der Waals surface area contributed by atoms with Crippen LogP contribution in [0.25, 0.3) is 10.9 Å². The van der Waals surface area contributed by atoms with Crippen LogP contribution in [0.5, 0.6) is 0 Å². The molecule has 2 aromatic carbocycles. The minimum atomic E-state index is 0.828. The third-order valence-corrected chi connectivity index (χ3v) is 7.79. The largest absolute Gasteiger partial charge is 0.372 e. The molecular formula is C34H37N7. The van der Waals surface area contributed by atoms with Crippen LogP contribution < -0.4 is 15.5 Å². The van der Waals surface area contributed by atoms with Crippen molar-refractivity contribution in [2.75, 3.05) is 35.2 Å². The van der Waals surface area contributed by atoms with Crippen molar-refractivity contribution in [1.29, 1.82) is 0 Å². The zero-order valence-corrected chi connectivity index (χ0v) is 24.1. The first-order chi connectivity index (χ1) is 20.0. The van der Waals surface area contributed by atoms with E-state index in [-0.39, 0.29) is 0 Å². The molecule has 0 atom stereocenters. The highest BCUT2D eigenvalue weighted by Crippen LogP contribution is 2.30. The number of benzene rings is 2. The Kier molecular flexibility index (Phi) is 7.76. The van der Waals surface area contributed by atoms with Crippen LogP contribution in [0.15, 0.2) is 88.7 Å². The molecule has 2 N–H and O–H groups in total. The zero-order chi connectivity index (χ0) is 28.2. The lowest BCUT2D eigenvalue weighted by atomic mass is 10.1. The Labute approximate surface area is 242 Å². The lowest BCUT2D eigenvalue weighted by molar-refractivity contribution is 0.578. The number of pyridine rings is 2. The summed E-state index contributed by atoms with van der Waals surface area (Å²) in [5.74, 6) is 0. The smallest absolute Gasteiger partial charge is 0.0843 e. The van der Waals surface area contributed by atoms with Gasteiger partial charge in [0.05, 0.1) is 34.5 Å². The molecule has 208 valence electrons. The van der Waals surface area contributed by atoms with Gasteiger partial charge in [0.15, 0.2) is 0 Å². The van der Waals surface area contributed by atoms with Gasteiger partial charge in [0, 0.05) is 66.1 Å². The monoisotopic (exact) mass is 543 g/mol. The number of allylic oxidation sites excluding steroid dienone is 1. The molecule has 1 fully saturated rings. The van der Waals surface area contributed by atoms with Crippen molar-refractivity contribution in [2.45, 2.75) is 46.5 Å². The second kappa shape index (κ2) is 11.9. The molecule has 2 aromatic heterocycles. The van der Waals surface area contributed by atoms with Crippen molar-refractivity contribution in [1.82, 2.24) is 9.97 Å². The Morgan fingerprint density at radius 3 is 2.54 bits per heavy atom. The molecule has 0 saturated carbocycles. The predicted octanol–water partition coefficient (Wildman–Crippen LogP) is 7.97. The van der Waals surface area contributed by atoms with Crippen LogP contribution >= 0.6 is 0 Å². The van der Waals surface area contributed by atoms with Gasteiger partial charge >= 0.3 is 0 Å². The number of hydrogen-bond donors (Lipinski definition) is 2. The van der Waals surface area contributed by atoms with Gasteiger partial charge in [-0.25, -0.2) is 0 Å². The molecule has 0 radical (unpaired) electrons. The number of aryl methyl sites for hydroxylation is 1. The van der Waals surface area contributed by atoms with Crippen LogP contribution in [0.2, 0.25) is 0 Å². The lowest BCUT2D eigenvalue weighted by Gasteiger charge is -2.29. The van der Waals surface area contributed by atoms with E-state index < -0.39 is 0 Å². The van der Waals surface area contributed by atoms with Crippen molar-refractivity contribution in [3.63, 3.8) is 0 Å². The van der Waals surface area contributed by atoms with Crippen LogP contribution in [-0.2, 0) is 0 Å². The van der Waals surface area contributed by atoms with Crippen molar-refractivity contribution in [3.8, 4) is 0 Å². The summed E-state index contributed by atoms with van der Waals surface area (Å²) in [4.78, 5) is 21.2.